The summed E-state index contributed by atoms with van der Waals surface area (Å²) in [6, 6.07) is 7.11. The molecule has 0 fully saturated rings. The van der Waals surface area contributed by atoms with E-state index in [9.17, 15) is 14.4 Å². The van der Waals surface area contributed by atoms with Crippen molar-refractivity contribution in [2.24, 2.45) is 0 Å². The van der Waals surface area contributed by atoms with E-state index in [1.165, 1.54) is 6.07 Å². The number of benzene rings is 1. The third-order valence-electron chi connectivity index (χ3n) is 4.00. The van der Waals surface area contributed by atoms with Gasteiger partial charge in [0, 0.05) is 17.8 Å². The first kappa shape index (κ1) is 19.4. The van der Waals surface area contributed by atoms with E-state index in [0.29, 0.717) is 12.1 Å². The monoisotopic (exact) mass is 356 g/mol. The van der Waals surface area contributed by atoms with E-state index in [0.717, 1.165) is 22.4 Å². The maximum absolute atomic E-state index is 12.1. The predicted octanol–water partition coefficient (Wildman–Crippen LogP) is 3.18. The van der Waals surface area contributed by atoms with Crippen LogP contribution in [0.2, 0.25) is 0 Å². The molecular formula is C20H24N2O4. The van der Waals surface area contributed by atoms with Gasteiger partial charge in [0.15, 0.2) is 0 Å². The van der Waals surface area contributed by atoms with Gasteiger partial charge in [-0.05, 0) is 57.4 Å². The number of rotatable bonds is 6. The average Bonchev–Trinajstić information content (AvgIpc) is 2.54. The molecule has 0 aliphatic heterocycles. The summed E-state index contributed by atoms with van der Waals surface area (Å²) in [5.41, 5.74) is 4.16. The summed E-state index contributed by atoms with van der Waals surface area (Å²) in [6.07, 6.45) is 0.607. The number of ether oxygens (including phenoxy) is 1. The van der Waals surface area contributed by atoms with E-state index in [1.807, 2.05) is 32.9 Å². The lowest BCUT2D eigenvalue weighted by atomic mass is 10.0. The van der Waals surface area contributed by atoms with Crippen LogP contribution in [0.4, 0.5) is 5.69 Å². The number of carbonyl (C=O) groups is 2. The molecule has 1 heterocycles. The van der Waals surface area contributed by atoms with Gasteiger partial charge in [-0.25, -0.2) is 4.79 Å². The van der Waals surface area contributed by atoms with Gasteiger partial charge >= 0.3 is 5.97 Å². The van der Waals surface area contributed by atoms with Crippen LogP contribution in [0.5, 0.6) is 0 Å². The minimum Gasteiger partial charge on any atom is -0.462 e. The molecule has 138 valence electrons. The van der Waals surface area contributed by atoms with Crippen molar-refractivity contribution in [1.29, 1.82) is 0 Å². The fourth-order valence-electron chi connectivity index (χ4n) is 2.79. The SMILES string of the molecule is Cc1cc(C)c(NC(=O)CCCOC(=O)c2ccc(C)[nH]c2=O)c(C)c1. The molecule has 2 N–H and O–H groups in total. The zero-order valence-corrected chi connectivity index (χ0v) is 15.6. The standard InChI is InChI=1S/C20H24N2O4/c1-12-10-13(2)18(14(3)11-12)22-17(23)6-5-9-26-20(25)16-8-7-15(4)21-19(16)24/h7-8,10-11H,5-6,9H2,1-4H3,(H,21,24)(H,22,23). The summed E-state index contributed by atoms with van der Waals surface area (Å²) in [7, 11) is 0. The fourth-order valence-corrected chi connectivity index (χ4v) is 2.79. The highest BCUT2D eigenvalue weighted by Crippen LogP contribution is 2.22. The van der Waals surface area contributed by atoms with Crippen molar-refractivity contribution in [3.63, 3.8) is 0 Å². The topological polar surface area (TPSA) is 88.3 Å². The number of amides is 1. The van der Waals surface area contributed by atoms with E-state index in [-0.39, 0.29) is 24.5 Å². The molecule has 0 saturated heterocycles. The van der Waals surface area contributed by atoms with Crippen LogP contribution in [0.3, 0.4) is 0 Å². The predicted molar refractivity (Wildman–Crippen MR) is 101 cm³/mol. The van der Waals surface area contributed by atoms with Gasteiger partial charge in [0.2, 0.25) is 5.91 Å². The maximum atomic E-state index is 12.1. The van der Waals surface area contributed by atoms with Crippen molar-refractivity contribution < 1.29 is 14.3 Å². The summed E-state index contributed by atoms with van der Waals surface area (Å²) < 4.78 is 5.07. The van der Waals surface area contributed by atoms with Crippen molar-refractivity contribution >= 4 is 17.6 Å². The van der Waals surface area contributed by atoms with E-state index in [1.54, 1.807) is 13.0 Å². The molecular weight excluding hydrogens is 332 g/mol. The molecule has 0 saturated carbocycles. The molecule has 0 aliphatic rings. The minimum atomic E-state index is -0.683. The van der Waals surface area contributed by atoms with Crippen LogP contribution in [0.1, 0.15) is 45.6 Å². The number of anilines is 1. The molecule has 0 atom stereocenters. The summed E-state index contributed by atoms with van der Waals surface area (Å²) in [5.74, 6) is -0.818. The Balaban J connectivity index is 1.82. The molecule has 0 unspecified atom stereocenters. The highest BCUT2D eigenvalue weighted by atomic mass is 16.5. The van der Waals surface area contributed by atoms with Crippen molar-refractivity contribution in [1.82, 2.24) is 4.98 Å². The smallest absolute Gasteiger partial charge is 0.343 e. The van der Waals surface area contributed by atoms with Crippen LogP contribution in [0.15, 0.2) is 29.1 Å². The number of aromatic nitrogens is 1. The van der Waals surface area contributed by atoms with Gasteiger partial charge < -0.3 is 15.0 Å². The van der Waals surface area contributed by atoms with Crippen LogP contribution in [0.25, 0.3) is 0 Å². The molecule has 1 aromatic heterocycles. The second-order valence-corrected chi connectivity index (χ2v) is 6.45. The molecule has 6 nitrogen and oxygen atoms in total. The third-order valence-corrected chi connectivity index (χ3v) is 4.00. The third kappa shape index (κ3) is 5.05. The van der Waals surface area contributed by atoms with Gasteiger partial charge in [0.25, 0.3) is 5.56 Å². The maximum Gasteiger partial charge on any atom is 0.343 e. The van der Waals surface area contributed by atoms with Crippen LogP contribution in [0, 0.1) is 27.7 Å². The normalized spacial score (nSPS) is 10.5. The van der Waals surface area contributed by atoms with E-state index in [4.69, 9.17) is 4.74 Å². The van der Waals surface area contributed by atoms with Gasteiger partial charge in [-0.2, -0.15) is 0 Å². The first-order valence-electron chi connectivity index (χ1n) is 8.52. The summed E-state index contributed by atoms with van der Waals surface area (Å²) in [5, 5.41) is 2.91. The fraction of sp³-hybridized carbons (Fsp3) is 0.350. The number of H-pyrrole nitrogens is 1. The second-order valence-electron chi connectivity index (χ2n) is 6.45. The number of hydrogen-bond donors (Lipinski definition) is 2. The molecule has 1 aromatic carbocycles. The summed E-state index contributed by atoms with van der Waals surface area (Å²) in [6.45, 7) is 7.73. The number of nitrogens with one attached hydrogen (secondary N) is 2. The number of pyridine rings is 1. The van der Waals surface area contributed by atoms with E-state index in [2.05, 4.69) is 10.3 Å². The highest BCUT2D eigenvalue weighted by molar-refractivity contribution is 5.92. The highest BCUT2D eigenvalue weighted by Gasteiger charge is 2.13. The minimum absolute atomic E-state index is 0.0362. The van der Waals surface area contributed by atoms with E-state index < -0.39 is 11.5 Å². The van der Waals surface area contributed by atoms with Crippen molar-refractivity contribution in [2.75, 3.05) is 11.9 Å². The van der Waals surface area contributed by atoms with Gasteiger partial charge in [0.05, 0.1) is 6.61 Å². The number of carbonyl (C=O) groups excluding carboxylic acids is 2. The Morgan fingerprint density at radius 3 is 2.35 bits per heavy atom. The van der Waals surface area contributed by atoms with Gasteiger partial charge in [-0.3, -0.25) is 9.59 Å². The van der Waals surface area contributed by atoms with Crippen molar-refractivity contribution in [3.05, 3.63) is 62.6 Å². The Hall–Kier alpha value is -2.89. The zero-order valence-electron chi connectivity index (χ0n) is 15.6. The van der Waals surface area contributed by atoms with Gasteiger partial charge in [-0.15, -0.1) is 0 Å². The average molecular weight is 356 g/mol. The molecule has 26 heavy (non-hydrogen) atoms. The first-order chi connectivity index (χ1) is 12.3. The Labute approximate surface area is 152 Å². The second kappa shape index (κ2) is 8.47. The molecule has 6 heteroatoms. The lowest BCUT2D eigenvalue weighted by Crippen LogP contribution is -2.21. The van der Waals surface area contributed by atoms with Crippen molar-refractivity contribution in [2.45, 2.75) is 40.5 Å². The number of aromatic amines is 1. The number of aryl methyl sites for hydroxylation is 4. The van der Waals surface area contributed by atoms with Crippen LogP contribution < -0.4 is 10.9 Å². The lowest BCUT2D eigenvalue weighted by molar-refractivity contribution is -0.116. The molecule has 2 aromatic rings. The molecule has 0 aliphatic carbocycles. The summed E-state index contributed by atoms with van der Waals surface area (Å²) >= 11 is 0. The largest absolute Gasteiger partial charge is 0.462 e. The lowest BCUT2D eigenvalue weighted by Gasteiger charge is -2.13. The molecule has 0 radical (unpaired) electrons. The quantitative estimate of drug-likeness (QED) is 0.614. The zero-order chi connectivity index (χ0) is 19.3. The summed E-state index contributed by atoms with van der Waals surface area (Å²) in [4.78, 5) is 38.2. The molecule has 0 bridgehead atoms. The number of hydrogen-bond acceptors (Lipinski definition) is 4. The van der Waals surface area contributed by atoms with Gasteiger partial charge in [-0.1, -0.05) is 17.7 Å². The van der Waals surface area contributed by atoms with Crippen LogP contribution in [-0.4, -0.2) is 23.5 Å². The molecule has 2 rings (SSSR count). The Bertz CT molecular complexity index is 861. The van der Waals surface area contributed by atoms with Crippen LogP contribution >= 0.6 is 0 Å². The molecule has 1 amide bonds. The Morgan fingerprint density at radius 1 is 1.08 bits per heavy atom. The van der Waals surface area contributed by atoms with Gasteiger partial charge in [0.1, 0.15) is 5.56 Å². The molecule has 0 spiro atoms. The van der Waals surface area contributed by atoms with Crippen molar-refractivity contribution in [3.8, 4) is 0 Å². The Morgan fingerprint density at radius 2 is 1.73 bits per heavy atom. The van der Waals surface area contributed by atoms with Crippen LogP contribution in [-0.2, 0) is 9.53 Å². The first-order valence-corrected chi connectivity index (χ1v) is 8.52. The van der Waals surface area contributed by atoms with E-state index >= 15 is 0 Å². The Kier molecular flexibility index (Phi) is 6.33. The number of esters is 1.